The van der Waals surface area contributed by atoms with Crippen LogP contribution in [0.2, 0.25) is 0 Å². The number of nitrogens with one attached hydrogen (secondary N) is 1. The van der Waals surface area contributed by atoms with E-state index in [1.807, 2.05) is 13.8 Å². The number of hydrogen-bond donors (Lipinski definition) is 1. The van der Waals surface area contributed by atoms with Gasteiger partial charge in [0.05, 0.1) is 4.90 Å². The molecule has 1 heterocycles. The first kappa shape index (κ1) is 20.1. The molecule has 1 aromatic carbocycles. The maximum absolute atomic E-state index is 12.6. The highest BCUT2D eigenvalue weighted by molar-refractivity contribution is 7.89. The van der Waals surface area contributed by atoms with Crippen LogP contribution >= 0.6 is 0 Å². The van der Waals surface area contributed by atoms with Gasteiger partial charge in [-0.25, -0.2) is 8.42 Å². The number of sulfonamides is 1. The van der Waals surface area contributed by atoms with Gasteiger partial charge in [0.25, 0.3) is 5.91 Å². The molecule has 1 aromatic rings. The van der Waals surface area contributed by atoms with Crippen LogP contribution in [0.3, 0.4) is 0 Å². The summed E-state index contributed by atoms with van der Waals surface area (Å²) in [5, 5.41) is 0. The maximum Gasteiger partial charge on any atom is 0.254 e. The molecule has 0 radical (unpaired) electrons. The Morgan fingerprint density at radius 3 is 2.65 bits per heavy atom. The van der Waals surface area contributed by atoms with Crippen LogP contribution in [0.25, 0.3) is 0 Å². The third-order valence-electron chi connectivity index (χ3n) is 4.25. The maximum atomic E-state index is 12.6. The summed E-state index contributed by atoms with van der Waals surface area (Å²) in [5.74, 6) is -0.511. The van der Waals surface area contributed by atoms with Gasteiger partial charge >= 0.3 is 0 Å². The first-order valence-corrected chi connectivity index (χ1v) is 9.95. The zero-order valence-electron chi connectivity index (χ0n) is 15.4. The van der Waals surface area contributed by atoms with Crippen molar-refractivity contribution in [1.29, 1.82) is 0 Å². The fraction of sp³-hybridized carbons (Fsp3) is 0.444. The molecule has 2 rings (SSSR count). The number of likely N-dealkylation sites (tertiary alicyclic amines) is 1. The van der Waals surface area contributed by atoms with Crippen molar-refractivity contribution in [3.63, 3.8) is 0 Å². The van der Waals surface area contributed by atoms with Crippen molar-refractivity contribution in [2.24, 2.45) is 0 Å². The fourth-order valence-electron chi connectivity index (χ4n) is 2.82. The lowest BCUT2D eigenvalue weighted by atomic mass is 10.2. The summed E-state index contributed by atoms with van der Waals surface area (Å²) in [5.41, 5.74) is 1.13. The van der Waals surface area contributed by atoms with Crippen molar-refractivity contribution in [2.45, 2.75) is 31.2 Å². The Bertz CT molecular complexity index is 819. The normalized spacial score (nSPS) is 17.4. The number of amides is 2. The summed E-state index contributed by atoms with van der Waals surface area (Å²) in [6.07, 6.45) is 0.426. The molecule has 0 spiro atoms. The van der Waals surface area contributed by atoms with Crippen LogP contribution in [0, 0.1) is 0 Å². The standard InChI is InChI=1S/C18H25N3O4S/c1-5-21(12-13(2)3)17(22)14-7-6-8-15(11-14)26(24,25)19-16-9-10-20(4)18(16)23/h6-8,11,16,19H,2,5,9-10,12H2,1,3-4H3/t16-/m1/s1. The lowest BCUT2D eigenvalue weighted by Gasteiger charge is -2.21. The van der Waals surface area contributed by atoms with Gasteiger partial charge in [-0.05, 0) is 38.5 Å². The molecule has 1 N–H and O–H groups in total. The van der Waals surface area contributed by atoms with E-state index in [9.17, 15) is 18.0 Å². The minimum atomic E-state index is -3.90. The molecule has 8 heteroatoms. The number of nitrogens with zero attached hydrogens (tertiary/aromatic N) is 2. The van der Waals surface area contributed by atoms with E-state index >= 15 is 0 Å². The Morgan fingerprint density at radius 2 is 2.12 bits per heavy atom. The molecule has 142 valence electrons. The van der Waals surface area contributed by atoms with Gasteiger partial charge in [-0.1, -0.05) is 18.2 Å². The Kier molecular flexibility index (Phi) is 6.20. The molecule has 0 aromatic heterocycles. The molecular formula is C18H25N3O4S. The summed E-state index contributed by atoms with van der Waals surface area (Å²) in [6.45, 7) is 8.90. The van der Waals surface area contributed by atoms with Crippen LogP contribution < -0.4 is 4.72 Å². The average Bonchev–Trinajstić information content (AvgIpc) is 2.90. The average molecular weight is 379 g/mol. The molecule has 0 unspecified atom stereocenters. The van der Waals surface area contributed by atoms with Crippen LogP contribution in [0.4, 0.5) is 0 Å². The molecule has 1 aliphatic heterocycles. The second-order valence-electron chi connectivity index (χ2n) is 6.53. The van der Waals surface area contributed by atoms with Gasteiger partial charge in [-0.3, -0.25) is 9.59 Å². The Balaban J connectivity index is 2.23. The van der Waals surface area contributed by atoms with Crippen molar-refractivity contribution < 1.29 is 18.0 Å². The third-order valence-corrected chi connectivity index (χ3v) is 5.72. The van der Waals surface area contributed by atoms with Gasteiger partial charge in [-0.15, -0.1) is 0 Å². The van der Waals surface area contributed by atoms with Crippen molar-refractivity contribution in [1.82, 2.24) is 14.5 Å². The zero-order chi connectivity index (χ0) is 19.5. The van der Waals surface area contributed by atoms with E-state index in [2.05, 4.69) is 11.3 Å². The highest BCUT2D eigenvalue weighted by atomic mass is 32.2. The van der Waals surface area contributed by atoms with Gasteiger partial charge in [0.2, 0.25) is 15.9 Å². The van der Waals surface area contributed by atoms with Gasteiger partial charge in [0.1, 0.15) is 6.04 Å². The fourth-order valence-corrected chi connectivity index (χ4v) is 4.09. The summed E-state index contributed by atoms with van der Waals surface area (Å²) in [6, 6.07) is 5.10. The SMILES string of the molecule is C=C(C)CN(CC)C(=O)c1cccc(S(=O)(=O)N[C@@H]2CCN(C)C2=O)c1. The molecular weight excluding hydrogens is 354 g/mol. The number of benzene rings is 1. The lowest BCUT2D eigenvalue weighted by molar-refractivity contribution is -0.127. The highest BCUT2D eigenvalue weighted by Crippen LogP contribution is 2.17. The number of likely N-dealkylation sites (N-methyl/N-ethyl adjacent to an activating group) is 2. The van der Waals surface area contributed by atoms with E-state index in [1.165, 1.54) is 23.1 Å². The molecule has 1 saturated heterocycles. The molecule has 1 aliphatic rings. The van der Waals surface area contributed by atoms with E-state index in [-0.39, 0.29) is 22.3 Å². The molecule has 0 aliphatic carbocycles. The summed E-state index contributed by atoms with van der Waals surface area (Å²) in [7, 11) is -2.26. The predicted octanol–water partition coefficient (Wildman–Crippen LogP) is 1.23. The summed E-state index contributed by atoms with van der Waals surface area (Å²) in [4.78, 5) is 27.6. The van der Waals surface area contributed by atoms with Crippen LogP contribution in [0.1, 0.15) is 30.6 Å². The smallest absolute Gasteiger partial charge is 0.254 e. The monoisotopic (exact) mass is 379 g/mol. The second kappa shape index (κ2) is 8.01. The molecule has 26 heavy (non-hydrogen) atoms. The largest absolute Gasteiger partial charge is 0.344 e. The van der Waals surface area contributed by atoms with E-state index in [4.69, 9.17) is 0 Å². The quantitative estimate of drug-likeness (QED) is 0.722. The molecule has 0 saturated carbocycles. The van der Waals surface area contributed by atoms with E-state index in [1.54, 1.807) is 18.0 Å². The predicted molar refractivity (Wildman–Crippen MR) is 99.2 cm³/mol. The van der Waals surface area contributed by atoms with Gasteiger partial charge in [0, 0.05) is 32.2 Å². The van der Waals surface area contributed by atoms with E-state index in [0.717, 1.165) is 5.57 Å². The number of rotatable bonds is 7. The van der Waals surface area contributed by atoms with Crippen molar-refractivity contribution in [2.75, 3.05) is 26.7 Å². The van der Waals surface area contributed by atoms with Crippen molar-refractivity contribution in [3.05, 3.63) is 42.0 Å². The Morgan fingerprint density at radius 1 is 1.42 bits per heavy atom. The summed E-state index contributed by atoms with van der Waals surface area (Å²) >= 11 is 0. The van der Waals surface area contributed by atoms with Gasteiger partial charge < -0.3 is 9.80 Å². The minimum absolute atomic E-state index is 0.0305. The van der Waals surface area contributed by atoms with Crippen molar-refractivity contribution in [3.8, 4) is 0 Å². The third kappa shape index (κ3) is 4.50. The van der Waals surface area contributed by atoms with Crippen LogP contribution in [0.15, 0.2) is 41.3 Å². The van der Waals surface area contributed by atoms with Crippen LogP contribution in [0.5, 0.6) is 0 Å². The summed E-state index contributed by atoms with van der Waals surface area (Å²) < 4.78 is 27.7. The highest BCUT2D eigenvalue weighted by Gasteiger charge is 2.33. The molecule has 0 bridgehead atoms. The van der Waals surface area contributed by atoms with Crippen molar-refractivity contribution >= 4 is 21.8 Å². The molecule has 2 amide bonds. The Hall–Kier alpha value is -2.19. The first-order chi connectivity index (χ1) is 12.2. The minimum Gasteiger partial charge on any atom is -0.344 e. The van der Waals surface area contributed by atoms with E-state index < -0.39 is 16.1 Å². The van der Waals surface area contributed by atoms with Gasteiger partial charge in [0.15, 0.2) is 0 Å². The number of carbonyl (C=O) groups is 2. The zero-order valence-corrected chi connectivity index (χ0v) is 16.2. The first-order valence-electron chi connectivity index (χ1n) is 8.46. The lowest BCUT2D eigenvalue weighted by Crippen LogP contribution is -2.40. The van der Waals surface area contributed by atoms with Gasteiger partial charge in [-0.2, -0.15) is 4.72 Å². The van der Waals surface area contributed by atoms with Crippen LogP contribution in [-0.4, -0.2) is 62.8 Å². The Labute approximate surface area is 154 Å². The number of carbonyl (C=O) groups excluding carboxylic acids is 2. The van der Waals surface area contributed by atoms with E-state index in [0.29, 0.717) is 26.1 Å². The van der Waals surface area contributed by atoms with Crippen LogP contribution in [-0.2, 0) is 14.8 Å². The topological polar surface area (TPSA) is 86.8 Å². The molecule has 1 atom stereocenters. The number of hydrogen-bond acceptors (Lipinski definition) is 4. The molecule has 1 fully saturated rings. The molecule has 7 nitrogen and oxygen atoms in total. The second-order valence-corrected chi connectivity index (χ2v) is 8.24.